The lowest BCUT2D eigenvalue weighted by Gasteiger charge is -2.37. The lowest BCUT2D eigenvalue weighted by molar-refractivity contribution is -0.0636. The molecule has 0 aromatic carbocycles. The van der Waals surface area contributed by atoms with Gasteiger partial charge in [-0.2, -0.15) is 0 Å². The van der Waals surface area contributed by atoms with E-state index < -0.39 is 0 Å². The van der Waals surface area contributed by atoms with Crippen LogP contribution in [0, 0.1) is 5.92 Å². The maximum atomic E-state index is 10.2. The quantitative estimate of drug-likeness (QED) is 0.928. The van der Waals surface area contributed by atoms with Gasteiger partial charge in [-0.05, 0) is 37.4 Å². The van der Waals surface area contributed by atoms with Gasteiger partial charge in [-0.25, -0.2) is 0 Å². The molecule has 0 amide bonds. The van der Waals surface area contributed by atoms with Crippen LogP contribution in [0.25, 0.3) is 0 Å². The zero-order valence-corrected chi connectivity index (χ0v) is 12.3. The second-order valence-electron chi connectivity index (χ2n) is 5.74. The summed E-state index contributed by atoms with van der Waals surface area (Å²) in [5, 5.41) is 10.9. The smallest absolute Gasteiger partial charge is 0.0634 e. The molecule has 2 aliphatic rings. The summed E-state index contributed by atoms with van der Waals surface area (Å²) in [5.41, 5.74) is 1.11. The average molecular weight is 297 g/mol. The normalized spacial score (nSPS) is 31.6. The van der Waals surface area contributed by atoms with Gasteiger partial charge in [0.05, 0.1) is 17.7 Å². The maximum absolute atomic E-state index is 10.2. The summed E-state index contributed by atoms with van der Waals surface area (Å²) < 4.78 is 5.56. The van der Waals surface area contributed by atoms with Crippen molar-refractivity contribution in [1.29, 1.82) is 0 Å². The fraction of sp³-hybridized carbons (Fsp3) is 0.667. The number of pyridine rings is 1. The van der Waals surface area contributed by atoms with E-state index in [0.29, 0.717) is 19.3 Å². The lowest BCUT2D eigenvalue weighted by Crippen LogP contribution is -2.45. The summed E-state index contributed by atoms with van der Waals surface area (Å²) in [6.07, 6.45) is 6.31. The van der Waals surface area contributed by atoms with Crippen LogP contribution in [0.4, 0.5) is 0 Å². The van der Waals surface area contributed by atoms with Crippen LogP contribution in [0.5, 0.6) is 0 Å². The van der Waals surface area contributed by atoms with E-state index in [0.717, 1.165) is 36.5 Å². The summed E-state index contributed by atoms with van der Waals surface area (Å²) in [6, 6.07) is 2.38. The Bertz CT molecular complexity index is 457. The summed E-state index contributed by atoms with van der Waals surface area (Å²) in [7, 11) is 0. The number of nitrogens with zero attached hydrogens (tertiary/aromatic N) is 2. The van der Waals surface area contributed by atoms with Gasteiger partial charge in [-0.3, -0.25) is 9.88 Å². The number of aromatic nitrogens is 1. The first-order valence-corrected chi connectivity index (χ1v) is 7.72. The van der Waals surface area contributed by atoms with E-state index in [1.807, 2.05) is 6.07 Å². The number of likely N-dealkylation sites (tertiary alicyclic amines) is 1. The van der Waals surface area contributed by atoms with Crippen molar-refractivity contribution < 1.29 is 9.84 Å². The van der Waals surface area contributed by atoms with Gasteiger partial charge in [0.1, 0.15) is 0 Å². The average Bonchev–Trinajstić information content (AvgIpc) is 2.90. The van der Waals surface area contributed by atoms with Crippen molar-refractivity contribution in [2.75, 3.05) is 19.8 Å². The molecule has 3 heterocycles. The van der Waals surface area contributed by atoms with Gasteiger partial charge < -0.3 is 9.84 Å². The van der Waals surface area contributed by atoms with E-state index in [9.17, 15) is 5.11 Å². The molecule has 0 unspecified atom stereocenters. The third-order valence-electron chi connectivity index (χ3n) is 4.50. The number of rotatable bonds is 3. The second-order valence-corrected chi connectivity index (χ2v) is 6.15. The zero-order chi connectivity index (χ0) is 13.9. The molecule has 0 aliphatic carbocycles. The number of ether oxygens (including phenoxy) is 1. The van der Waals surface area contributed by atoms with Crippen molar-refractivity contribution in [2.45, 2.75) is 38.0 Å². The Morgan fingerprint density at radius 3 is 3.15 bits per heavy atom. The van der Waals surface area contributed by atoms with Crippen molar-refractivity contribution in [2.24, 2.45) is 5.92 Å². The number of halogens is 1. The van der Waals surface area contributed by atoms with Crippen molar-refractivity contribution in [3.8, 4) is 0 Å². The van der Waals surface area contributed by atoms with Gasteiger partial charge in [0.25, 0.3) is 0 Å². The van der Waals surface area contributed by atoms with Crippen LogP contribution < -0.4 is 0 Å². The molecule has 1 aromatic rings. The zero-order valence-electron chi connectivity index (χ0n) is 11.5. The van der Waals surface area contributed by atoms with Crippen LogP contribution >= 0.6 is 11.6 Å². The van der Waals surface area contributed by atoms with Gasteiger partial charge in [0.2, 0.25) is 0 Å². The van der Waals surface area contributed by atoms with Crippen LogP contribution in [0.15, 0.2) is 18.5 Å². The molecule has 3 rings (SSSR count). The Hall–Kier alpha value is -0.680. The Kier molecular flexibility index (Phi) is 4.56. The number of aliphatic hydroxyl groups is 1. The fourth-order valence-electron chi connectivity index (χ4n) is 3.40. The highest BCUT2D eigenvalue weighted by molar-refractivity contribution is 6.31. The molecule has 3 atom stereocenters. The minimum atomic E-state index is -0.234. The van der Waals surface area contributed by atoms with Crippen LogP contribution in [-0.4, -0.2) is 46.9 Å². The molecule has 0 bridgehead atoms. The third kappa shape index (κ3) is 2.98. The maximum Gasteiger partial charge on any atom is 0.0634 e. The molecule has 20 heavy (non-hydrogen) atoms. The lowest BCUT2D eigenvalue weighted by atomic mass is 9.89. The largest absolute Gasteiger partial charge is 0.393 e. The molecule has 4 nitrogen and oxygen atoms in total. The minimum absolute atomic E-state index is 0.229. The van der Waals surface area contributed by atoms with E-state index in [2.05, 4.69) is 9.88 Å². The minimum Gasteiger partial charge on any atom is -0.393 e. The first-order chi connectivity index (χ1) is 9.75. The summed E-state index contributed by atoms with van der Waals surface area (Å²) in [5.74, 6) is 0.229. The highest BCUT2D eigenvalue weighted by atomic mass is 35.5. The molecular formula is C15H21ClN2O2. The van der Waals surface area contributed by atoms with Gasteiger partial charge in [0.15, 0.2) is 0 Å². The Balaban J connectivity index is 1.71. The molecule has 1 aromatic heterocycles. The highest BCUT2D eigenvalue weighted by Crippen LogP contribution is 2.31. The first-order valence-electron chi connectivity index (χ1n) is 7.34. The van der Waals surface area contributed by atoms with Crippen LogP contribution in [-0.2, 0) is 11.3 Å². The van der Waals surface area contributed by atoms with Crippen molar-refractivity contribution >= 4 is 11.6 Å². The van der Waals surface area contributed by atoms with Crippen LogP contribution in [0.1, 0.15) is 24.8 Å². The monoisotopic (exact) mass is 296 g/mol. The molecule has 1 N–H and O–H groups in total. The molecule has 0 radical (unpaired) electrons. The van der Waals surface area contributed by atoms with E-state index in [-0.39, 0.29) is 12.0 Å². The number of aliphatic hydroxyl groups excluding tert-OH is 1. The molecular weight excluding hydrogens is 276 g/mol. The topological polar surface area (TPSA) is 45.6 Å². The van der Waals surface area contributed by atoms with Crippen LogP contribution in [0.2, 0.25) is 5.02 Å². The Labute approximate surface area is 124 Å². The molecule has 110 valence electrons. The first kappa shape index (κ1) is 14.3. The van der Waals surface area contributed by atoms with E-state index >= 15 is 0 Å². The molecule has 2 saturated heterocycles. The summed E-state index contributed by atoms with van der Waals surface area (Å²) in [4.78, 5) is 6.46. The summed E-state index contributed by atoms with van der Waals surface area (Å²) >= 11 is 6.20. The van der Waals surface area contributed by atoms with Gasteiger partial charge >= 0.3 is 0 Å². The fourth-order valence-corrected chi connectivity index (χ4v) is 3.58. The second kappa shape index (κ2) is 6.39. The Morgan fingerprint density at radius 2 is 2.35 bits per heavy atom. The molecule has 2 fully saturated rings. The molecule has 2 aliphatic heterocycles. The van der Waals surface area contributed by atoms with Gasteiger partial charge in [0, 0.05) is 37.5 Å². The standard InChI is InChI=1S/C15H21ClN2O2/c16-13-8-17-5-3-11(13)9-18-6-1-2-14(18)12-10-20-7-4-15(12)19/h3,5,8,12,14-15,19H,1-2,4,6-7,9-10H2/t12-,14-,15+/m0/s1. The van der Waals surface area contributed by atoms with E-state index in [4.69, 9.17) is 16.3 Å². The van der Waals surface area contributed by atoms with Crippen molar-refractivity contribution in [3.05, 3.63) is 29.0 Å². The third-order valence-corrected chi connectivity index (χ3v) is 4.84. The predicted octanol–water partition coefficient (Wildman–Crippen LogP) is 2.10. The van der Waals surface area contributed by atoms with Crippen molar-refractivity contribution in [3.63, 3.8) is 0 Å². The molecule has 0 saturated carbocycles. The highest BCUT2D eigenvalue weighted by Gasteiger charge is 2.37. The number of hydrogen-bond donors (Lipinski definition) is 1. The summed E-state index contributed by atoms with van der Waals surface area (Å²) in [6.45, 7) is 3.24. The van der Waals surface area contributed by atoms with Crippen LogP contribution in [0.3, 0.4) is 0 Å². The number of hydrogen-bond acceptors (Lipinski definition) is 4. The van der Waals surface area contributed by atoms with Gasteiger partial charge in [-0.1, -0.05) is 11.6 Å². The van der Waals surface area contributed by atoms with Gasteiger partial charge in [-0.15, -0.1) is 0 Å². The van der Waals surface area contributed by atoms with Crippen molar-refractivity contribution in [1.82, 2.24) is 9.88 Å². The Morgan fingerprint density at radius 1 is 1.45 bits per heavy atom. The van der Waals surface area contributed by atoms with E-state index in [1.54, 1.807) is 12.4 Å². The predicted molar refractivity (Wildman–Crippen MR) is 77.6 cm³/mol. The molecule has 5 heteroatoms. The SMILES string of the molecule is O[C@@H]1CCOC[C@H]1[C@@H]1CCCN1Cc1ccncc1Cl. The molecule has 0 spiro atoms. The van der Waals surface area contributed by atoms with E-state index in [1.165, 1.54) is 6.42 Å².